The van der Waals surface area contributed by atoms with E-state index in [-0.39, 0.29) is 12.6 Å². The molecular weight excluding hydrogens is 198 g/mol. The number of nitrogens with zero attached hydrogens (tertiary/aromatic N) is 1. The molecule has 0 saturated heterocycles. The van der Waals surface area contributed by atoms with Crippen LogP contribution in [0.3, 0.4) is 0 Å². The minimum atomic E-state index is 0.185. The Labute approximate surface area is 90.1 Å². The molecule has 0 spiro atoms. The predicted molar refractivity (Wildman–Crippen MR) is 59.5 cm³/mol. The average molecular weight is 214 g/mol. The van der Waals surface area contributed by atoms with Crippen LogP contribution in [0.1, 0.15) is 12.5 Å². The Kier molecular flexibility index (Phi) is 4.39. The Morgan fingerprint density at radius 3 is 2.43 bits per heavy atom. The predicted octanol–water partition coefficient (Wildman–Crippen LogP) is 2.15. The fourth-order valence-corrected chi connectivity index (χ4v) is 1.30. The van der Waals surface area contributed by atoms with Crippen LogP contribution < -0.4 is 0 Å². The summed E-state index contributed by atoms with van der Waals surface area (Å²) < 4.78 is 0. The zero-order chi connectivity index (χ0) is 10.6. The van der Waals surface area contributed by atoms with Gasteiger partial charge in [-0.2, -0.15) is 0 Å². The minimum absolute atomic E-state index is 0.185. The van der Waals surface area contributed by atoms with Crippen molar-refractivity contribution in [1.82, 2.24) is 4.90 Å². The molecule has 1 aromatic rings. The van der Waals surface area contributed by atoms with Gasteiger partial charge in [0.15, 0.2) is 0 Å². The van der Waals surface area contributed by atoms with Crippen LogP contribution in [0.2, 0.25) is 5.02 Å². The van der Waals surface area contributed by atoms with Gasteiger partial charge in [0.2, 0.25) is 0 Å². The zero-order valence-electron chi connectivity index (χ0n) is 8.57. The van der Waals surface area contributed by atoms with Gasteiger partial charge in [-0.1, -0.05) is 23.7 Å². The number of aliphatic hydroxyl groups is 1. The summed E-state index contributed by atoms with van der Waals surface area (Å²) in [7, 11) is 2.00. The molecule has 1 aromatic carbocycles. The second-order valence-electron chi connectivity index (χ2n) is 3.57. The van der Waals surface area contributed by atoms with E-state index in [9.17, 15) is 0 Å². The summed E-state index contributed by atoms with van der Waals surface area (Å²) in [4.78, 5) is 2.10. The molecule has 0 aliphatic heterocycles. The lowest BCUT2D eigenvalue weighted by Gasteiger charge is -2.22. The van der Waals surface area contributed by atoms with Crippen LogP contribution in [-0.4, -0.2) is 29.7 Å². The molecule has 14 heavy (non-hydrogen) atoms. The highest BCUT2D eigenvalue weighted by Gasteiger charge is 2.07. The number of benzene rings is 1. The van der Waals surface area contributed by atoms with Crippen LogP contribution in [-0.2, 0) is 6.54 Å². The van der Waals surface area contributed by atoms with E-state index in [2.05, 4.69) is 4.90 Å². The van der Waals surface area contributed by atoms with Crippen LogP contribution in [0.4, 0.5) is 0 Å². The number of hydrogen-bond donors (Lipinski definition) is 1. The van der Waals surface area contributed by atoms with Crippen molar-refractivity contribution in [3.05, 3.63) is 34.9 Å². The third-order valence-corrected chi connectivity index (χ3v) is 2.61. The smallest absolute Gasteiger partial charge is 0.0584 e. The van der Waals surface area contributed by atoms with Crippen molar-refractivity contribution in [3.8, 4) is 0 Å². The fourth-order valence-electron chi connectivity index (χ4n) is 1.17. The van der Waals surface area contributed by atoms with Crippen LogP contribution in [0.5, 0.6) is 0 Å². The molecule has 0 fully saturated rings. The first-order valence-corrected chi connectivity index (χ1v) is 5.07. The molecule has 0 bridgehead atoms. The summed E-state index contributed by atoms with van der Waals surface area (Å²) in [6, 6.07) is 7.96. The normalized spacial score (nSPS) is 13.2. The lowest BCUT2D eigenvalue weighted by atomic mass is 10.2. The van der Waals surface area contributed by atoms with E-state index in [1.54, 1.807) is 0 Å². The van der Waals surface area contributed by atoms with Crippen LogP contribution in [0.25, 0.3) is 0 Å². The minimum Gasteiger partial charge on any atom is -0.395 e. The van der Waals surface area contributed by atoms with Gasteiger partial charge in [-0.15, -0.1) is 0 Å². The van der Waals surface area contributed by atoms with Gasteiger partial charge in [-0.3, -0.25) is 4.90 Å². The third-order valence-electron chi connectivity index (χ3n) is 2.36. The molecule has 0 aliphatic rings. The first kappa shape index (κ1) is 11.5. The van der Waals surface area contributed by atoms with Gasteiger partial charge in [-0.25, -0.2) is 0 Å². The number of hydrogen-bond acceptors (Lipinski definition) is 2. The molecule has 1 N–H and O–H groups in total. The molecule has 0 radical (unpaired) electrons. The second-order valence-corrected chi connectivity index (χ2v) is 4.01. The van der Waals surface area contributed by atoms with Crippen molar-refractivity contribution >= 4 is 11.6 Å². The summed E-state index contributed by atoms with van der Waals surface area (Å²) in [6.07, 6.45) is 0. The molecule has 0 saturated carbocycles. The monoisotopic (exact) mass is 213 g/mol. The second kappa shape index (κ2) is 5.35. The molecule has 0 amide bonds. The Bertz CT molecular complexity index is 273. The van der Waals surface area contributed by atoms with Crippen molar-refractivity contribution in [2.24, 2.45) is 0 Å². The molecular formula is C11H16ClNO. The van der Waals surface area contributed by atoms with E-state index in [1.807, 2.05) is 38.2 Å². The number of aliphatic hydroxyl groups excluding tert-OH is 1. The Morgan fingerprint density at radius 1 is 1.36 bits per heavy atom. The van der Waals surface area contributed by atoms with Gasteiger partial charge in [0.1, 0.15) is 0 Å². The zero-order valence-corrected chi connectivity index (χ0v) is 9.33. The van der Waals surface area contributed by atoms with E-state index in [0.717, 1.165) is 11.6 Å². The number of halogens is 1. The quantitative estimate of drug-likeness (QED) is 0.829. The van der Waals surface area contributed by atoms with E-state index >= 15 is 0 Å². The highest BCUT2D eigenvalue weighted by atomic mass is 35.5. The molecule has 0 heterocycles. The van der Waals surface area contributed by atoms with Crippen LogP contribution in [0, 0.1) is 0 Å². The molecule has 1 rings (SSSR count). The molecule has 2 nitrogen and oxygen atoms in total. The van der Waals surface area contributed by atoms with Gasteiger partial charge in [0.25, 0.3) is 0 Å². The maximum Gasteiger partial charge on any atom is 0.0584 e. The van der Waals surface area contributed by atoms with Gasteiger partial charge in [-0.05, 0) is 31.7 Å². The number of likely N-dealkylation sites (N-methyl/N-ethyl adjacent to an activating group) is 1. The lowest BCUT2D eigenvalue weighted by molar-refractivity contribution is 0.154. The van der Waals surface area contributed by atoms with Gasteiger partial charge in [0.05, 0.1) is 6.61 Å². The van der Waals surface area contributed by atoms with Gasteiger partial charge >= 0.3 is 0 Å². The highest BCUT2D eigenvalue weighted by Crippen LogP contribution is 2.11. The standard InChI is InChI=1S/C11H16ClNO/c1-9(8-14)13(2)7-10-3-5-11(12)6-4-10/h3-6,9,14H,7-8H2,1-2H3. The Hall–Kier alpha value is -0.570. The first-order chi connectivity index (χ1) is 6.63. The van der Waals surface area contributed by atoms with E-state index < -0.39 is 0 Å². The molecule has 1 unspecified atom stereocenters. The van der Waals surface area contributed by atoms with Crippen molar-refractivity contribution < 1.29 is 5.11 Å². The third kappa shape index (κ3) is 3.29. The topological polar surface area (TPSA) is 23.5 Å². The van der Waals surface area contributed by atoms with E-state index in [0.29, 0.717) is 0 Å². The maximum absolute atomic E-state index is 8.96. The van der Waals surface area contributed by atoms with Crippen molar-refractivity contribution in [1.29, 1.82) is 0 Å². The average Bonchev–Trinajstić information content (AvgIpc) is 2.20. The van der Waals surface area contributed by atoms with Gasteiger partial charge < -0.3 is 5.11 Å². The number of rotatable bonds is 4. The molecule has 1 atom stereocenters. The highest BCUT2D eigenvalue weighted by molar-refractivity contribution is 6.30. The van der Waals surface area contributed by atoms with Crippen LogP contribution in [0.15, 0.2) is 24.3 Å². The summed E-state index contributed by atoms with van der Waals surface area (Å²) in [6.45, 7) is 3.01. The summed E-state index contributed by atoms with van der Waals surface area (Å²) >= 11 is 5.78. The lowest BCUT2D eigenvalue weighted by Crippen LogP contribution is -2.31. The summed E-state index contributed by atoms with van der Waals surface area (Å²) in [5, 5.41) is 9.72. The van der Waals surface area contributed by atoms with Crippen molar-refractivity contribution in [2.75, 3.05) is 13.7 Å². The first-order valence-electron chi connectivity index (χ1n) is 4.69. The molecule has 0 aliphatic carbocycles. The Morgan fingerprint density at radius 2 is 1.93 bits per heavy atom. The van der Waals surface area contributed by atoms with E-state index in [1.165, 1.54) is 5.56 Å². The van der Waals surface area contributed by atoms with Gasteiger partial charge in [0, 0.05) is 17.6 Å². The summed E-state index contributed by atoms with van der Waals surface area (Å²) in [5.74, 6) is 0. The van der Waals surface area contributed by atoms with Crippen molar-refractivity contribution in [2.45, 2.75) is 19.5 Å². The van der Waals surface area contributed by atoms with Crippen LogP contribution >= 0.6 is 11.6 Å². The SMILES string of the molecule is CC(CO)N(C)Cc1ccc(Cl)cc1. The Balaban J connectivity index is 2.56. The van der Waals surface area contributed by atoms with Crippen molar-refractivity contribution in [3.63, 3.8) is 0 Å². The maximum atomic E-state index is 8.96. The van der Waals surface area contributed by atoms with E-state index in [4.69, 9.17) is 16.7 Å². The fraction of sp³-hybridized carbons (Fsp3) is 0.455. The molecule has 78 valence electrons. The molecule has 0 aromatic heterocycles. The molecule has 3 heteroatoms. The largest absolute Gasteiger partial charge is 0.395 e. The summed E-state index contributed by atoms with van der Waals surface area (Å²) in [5.41, 5.74) is 1.21.